The van der Waals surface area contributed by atoms with Crippen LogP contribution in [0.1, 0.15) is 24.0 Å². The molecule has 1 N–H and O–H groups in total. The number of rotatable bonds is 2. The Morgan fingerprint density at radius 2 is 2.15 bits per heavy atom. The molecule has 0 heterocycles. The van der Waals surface area contributed by atoms with Crippen LogP contribution in [0, 0.1) is 12.7 Å². The van der Waals surface area contributed by atoms with Gasteiger partial charge < -0.3 is 5.11 Å². The largest absolute Gasteiger partial charge is 0.396 e. The molecule has 0 aromatic heterocycles. The van der Waals surface area contributed by atoms with Gasteiger partial charge in [-0.1, -0.05) is 22.9 Å². The van der Waals surface area contributed by atoms with E-state index in [4.69, 9.17) is 5.11 Å². The summed E-state index contributed by atoms with van der Waals surface area (Å²) >= 11 is 3.27. The topological polar surface area (TPSA) is 20.2 Å². The second-order valence-electron chi connectivity index (χ2n) is 3.19. The van der Waals surface area contributed by atoms with Crippen LogP contribution >= 0.6 is 15.9 Å². The molecule has 3 heteroatoms. The van der Waals surface area contributed by atoms with Crippen molar-refractivity contribution in [2.75, 3.05) is 6.61 Å². The van der Waals surface area contributed by atoms with Crippen molar-refractivity contribution in [2.45, 2.75) is 19.8 Å². The number of aliphatic hydroxyl groups excluding tert-OH is 1. The lowest BCUT2D eigenvalue weighted by Gasteiger charge is -2.10. The summed E-state index contributed by atoms with van der Waals surface area (Å²) < 4.78 is 14.0. The zero-order valence-corrected chi connectivity index (χ0v) is 9.23. The Bertz CT molecular complexity index is 289. The molecule has 0 saturated heterocycles. The first kappa shape index (κ1) is 10.7. The van der Waals surface area contributed by atoms with Crippen LogP contribution in [-0.2, 0) is 0 Å². The van der Waals surface area contributed by atoms with Gasteiger partial charge in [-0.05, 0) is 30.2 Å². The number of benzene rings is 1. The van der Waals surface area contributed by atoms with Gasteiger partial charge in [-0.15, -0.1) is 0 Å². The van der Waals surface area contributed by atoms with Crippen molar-refractivity contribution in [1.29, 1.82) is 0 Å². The number of aliphatic hydroxyl groups is 1. The molecule has 0 radical (unpaired) electrons. The van der Waals surface area contributed by atoms with E-state index in [-0.39, 0.29) is 18.3 Å². The second kappa shape index (κ2) is 4.20. The van der Waals surface area contributed by atoms with E-state index < -0.39 is 0 Å². The molecule has 1 aromatic rings. The molecule has 0 fully saturated rings. The zero-order chi connectivity index (χ0) is 10.0. The van der Waals surface area contributed by atoms with Gasteiger partial charge in [-0.3, -0.25) is 0 Å². The van der Waals surface area contributed by atoms with Gasteiger partial charge in [0.2, 0.25) is 0 Å². The molecular weight excluding hydrogens is 235 g/mol. The first-order valence-corrected chi connectivity index (χ1v) is 4.92. The highest BCUT2D eigenvalue weighted by atomic mass is 79.9. The third kappa shape index (κ3) is 2.29. The molecule has 0 aliphatic heterocycles. The summed E-state index contributed by atoms with van der Waals surface area (Å²) in [5, 5.41) is 8.90. The minimum atomic E-state index is -0.232. The molecule has 0 bridgehead atoms. The Kier molecular flexibility index (Phi) is 3.45. The maximum absolute atomic E-state index is 13.2. The highest BCUT2D eigenvalue weighted by molar-refractivity contribution is 9.10. The predicted octanol–water partition coefficient (Wildman–Crippen LogP) is 2.99. The van der Waals surface area contributed by atoms with E-state index in [0.717, 1.165) is 10.0 Å². The Labute approximate surface area is 85.7 Å². The lowest BCUT2D eigenvalue weighted by molar-refractivity contribution is 0.273. The third-order valence-electron chi connectivity index (χ3n) is 2.15. The fourth-order valence-electron chi connectivity index (χ4n) is 1.05. The maximum Gasteiger partial charge on any atom is 0.127 e. The third-order valence-corrected chi connectivity index (χ3v) is 2.97. The second-order valence-corrected chi connectivity index (χ2v) is 4.05. The van der Waals surface area contributed by atoms with Gasteiger partial charge in [0.25, 0.3) is 0 Å². The van der Waals surface area contributed by atoms with E-state index in [1.807, 2.05) is 13.0 Å². The van der Waals surface area contributed by atoms with Crippen LogP contribution in [0.2, 0.25) is 0 Å². The van der Waals surface area contributed by atoms with Crippen LogP contribution in [0.3, 0.4) is 0 Å². The van der Waals surface area contributed by atoms with E-state index in [2.05, 4.69) is 15.9 Å². The van der Waals surface area contributed by atoms with E-state index >= 15 is 0 Å². The SMILES string of the molecule is Cc1c(F)cc(C(C)CO)cc1Br. The minimum absolute atomic E-state index is 0.0219. The van der Waals surface area contributed by atoms with Crippen LogP contribution < -0.4 is 0 Å². The van der Waals surface area contributed by atoms with Crippen molar-refractivity contribution in [3.8, 4) is 0 Å². The quantitative estimate of drug-likeness (QED) is 0.851. The average molecular weight is 247 g/mol. The van der Waals surface area contributed by atoms with Crippen LogP contribution in [0.25, 0.3) is 0 Å². The van der Waals surface area contributed by atoms with Crippen molar-refractivity contribution in [3.63, 3.8) is 0 Å². The van der Waals surface area contributed by atoms with Gasteiger partial charge in [-0.25, -0.2) is 4.39 Å². The van der Waals surface area contributed by atoms with Gasteiger partial charge in [-0.2, -0.15) is 0 Å². The summed E-state index contributed by atoms with van der Waals surface area (Å²) in [6.45, 7) is 3.61. The zero-order valence-electron chi connectivity index (χ0n) is 7.64. The molecule has 1 unspecified atom stereocenters. The van der Waals surface area contributed by atoms with Crippen LogP contribution in [-0.4, -0.2) is 11.7 Å². The van der Waals surface area contributed by atoms with Crippen molar-refractivity contribution >= 4 is 15.9 Å². The summed E-state index contributed by atoms with van der Waals surface area (Å²) in [6.07, 6.45) is 0. The molecular formula is C10H12BrFO. The Morgan fingerprint density at radius 1 is 1.54 bits per heavy atom. The smallest absolute Gasteiger partial charge is 0.127 e. The van der Waals surface area contributed by atoms with Crippen LogP contribution in [0.5, 0.6) is 0 Å². The number of halogens is 2. The molecule has 0 spiro atoms. The number of hydrogen-bond donors (Lipinski definition) is 1. The molecule has 13 heavy (non-hydrogen) atoms. The van der Waals surface area contributed by atoms with Crippen LogP contribution in [0.4, 0.5) is 4.39 Å². The van der Waals surface area contributed by atoms with E-state index in [9.17, 15) is 4.39 Å². The molecule has 1 aromatic carbocycles. The van der Waals surface area contributed by atoms with Crippen molar-refractivity contribution in [2.24, 2.45) is 0 Å². The molecule has 1 rings (SSSR count). The molecule has 0 saturated carbocycles. The maximum atomic E-state index is 13.2. The van der Waals surface area contributed by atoms with Gasteiger partial charge in [0.1, 0.15) is 5.82 Å². The van der Waals surface area contributed by atoms with E-state index in [1.54, 1.807) is 6.92 Å². The van der Waals surface area contributed by atoms with Crippen LogP contribution in [0.15, 0.2) is 16.6 Å². The normalized spacial score (nSPS) is 13.0. The van der Waals surface area contributed by atoms with Gasteiger partial charge >= 0.3 is 0 Å². The monoisotopic (exact) mass is 246 g/mol. The van der Waals surface area contributed by atoms with Crippen molar-refractivity contribution in [3.05, 3.63) is 33.5 Å². The lowest BCUT2D eigenvalue weighted by atomic mass is 10.0. The summed E-state index contributed by atoms with van der Waals surface area (Å²) in [7, 11) is 0. The molecule has 0 amide bonds. The van der Waals surface area contributed by atoms with Gasteiger partial charge in [0.05, 0.1) is 0 Å². The molecule has 1 nitrogen and oxygen atoms in total. The highest BCUT2D eigenvalue weighted by Gasteiger charge is 2.09. The molecule has 72 valence electrons. The van der Waals surface area contributed by atoms with E-state index in [1.165, 1.54) is 6.07 Å². The first-order chi connectivity index (χ1) is 6.06. The summed E-state index contributed by atoms with van der Waals surface area (Å²) in [5.74, 6) is -0.254. The molecule has 1 atom stereocenters. The minimum Gasteiger partial charge on any atom is -0.396 e. The molecule has 0 aliphatic rings. The predicted molar refractivity (Wildman–Crippen MR) is 54.3 cm³/mol. The highest BCUT2D eigenvalue weighted by Crippen LogP contribution is 2.25. The lowest BCUT2D eigenvalue weighted by Crippen LogP contribution is -2.00. The van der Waals surface area contributed by atoms with Gasteiger partial charge in [0.15, 0.2) is 0 Å². The Morgan fingerprint density at radius 3 is 2.62 bits per heavy atom. The first-order valence-electron chi connectivity index (χ1n) is 4.12. The fraction of sp³-hybridized carbons (Fsp3) is 0.400. The van der Waals surface area contributed by atoms with E-state index in [0.29, 0.717) is 5.56 Å². The summed E-state index contributed by atoms with van der Waals surface area (Å²) in [6, 6.07) is 3.32. The van der Waals surface area contributed by atoms with Gasteiger partial charge in [0, 0.05) is 17.0 Å². The Hall–Kier alpha value is -0.410. The fourth-order valence-corrected chi connectivity index (χ4v) is 1.51. The standard InChI is InChI=1S/C10H12BrFO/c1-6(5-13)8-3-9(11)7(2)10(12)4-8/h3-4,6,13H,5H2,1-2H3. The number of hydrogen-bond acceptors (Lipinski definition) is 1. The van der Waals surface area contributed by atoms with Crippen molar-refractivity contribution < 1.29 is 9.50 Å². The Balaban J connectivity index is 3.13. The van der Waals surface area contributed by atoms with Crippen molar-refractivity contribution in [1.82, 2.24) is 0 Å². The average Bonchev–Trinajstić information content (AvgIpc) is 2.12. The molecule has 0 aliphatic carbocycles. The summed E-state index contributed by atoms with van der Waals surface area (Å²) in [4.78, 5) is 0. The summed E-state index contributed by atoms with van der Waals surface area (Å²) in [5.41, 5.74) is 1.42.